The molecule has 0 radical (unpaired) electrons. The highest BCUT2D eigenvalue weighted by molar-refractivity contribution is 5.87. The van der Waals surface area contributed by atoms with Gasteiger partial charge in [-0.1, -0.05) is 18.2 Å². The van der Waals surface area contributed by atoms with Crippen molar-refractivity contribution in [2.45, 2.75) is 6.92 Å². The third-order valence-electron chi connectivity index (χ3n) is 2.70. The second-order valence-corrected chi connectivity index (χ2v) is 4.24. The van der Waals surface area contributed by atoms with Gasteiger partial charge >= 0.3 is 6.09 Å². The van der Waals surface area contributed by atoms with Gasteiger partial charge in [0.15, 0.2) is 11.5 Å². The number of hydrogen-bond acceptors (Lipinski definition) is 4. The molecule has 1 heterocycles. The predicted octanol–water partition coefficient (Wildman–Crippen LogP) is 3.75. The lowest BCUT2D eigenvalue weighted by molar-refractivity contribution is 0.215. The van der Waals surface area contributed by atoms with E-state index in [4.69, 9.17) is 9.15 Å². The van der Waals surface area contributed by atoms with Gasteiger partial charge in [-0.15, -0.1) is 0 Å². The standard InChI is InChI=1S/C15H12N2O3/c1-10-16-13-9-12(7-8-14(13)19-10)20-15(18)17-11-5-3-2-4-6-11/h2-9H,1H3,(H,17,18). The number of ether oxygens (including phenoxy) is 1. The first-order valence-electron chi connectivity index (χ1n) is 6.12. The second kappa shape index (κ2) is 5.05. The van der Waals surface area contributed by atoms with Gasteiger partial charge in [0.1, 0.15) is 11.3 Å². The summed E-state index contributed by atoms with van der Waals surface area (Å²) in [6.45, 7) is 1.77. The van der Waals surface area contributed by atoms with Crippen LogP contribution in [0.4, 0.5) is 10.5 Å². The molecule has 0 aliphatic rings. The Balaban J connectivity index is 1.74. The van der Waals surface area contributed by atoms with Crippen molar-refractivity contribution in [1.29, 1.82) is 0 Å². The largest absolute Gasteiger partial charge is 0.441 e. The number of carbonyl (C=O) groups excluding carboxylic acids is 1. The highest BCUT2D eigenvalue weighted by atomic mass is 16.6. The van der Waals surface area contributed by atoms with Gasteiger partial charge in [0, 0.05) is 18.7 Å². The normalized spacial score (nSPS) is 10.4. The zero-order chi connectivity index (χ0) is 13.9. The summed E-state index contributed by atoms with van der Waals surface area (Å²) < 4.78 is 10.6. The van der Waals surface area contributed by atoms with Gasteiger partial charge in [-0.3, -0.25) is 5.32 Å². The molecular weight excluding hydrogens is 256 g/mol. The average Bonchev–Trinajstić information content (AvgIpc) is 2.79. The van der Waals surface area contributed by atoms with Crippen LogP contribution in [0.1, 0.15) is 5.89 Å². The molecule has 5 heteroatoms. The molecular formula is C15H12N2O3. The van der Waals surface area contributed by atoms with Gasteiger partial charge in [0.25, 0.3) is 0 Å². The average molecular weight is 268 g/mol. The van der Waals surface area contributed by atoms with Crippen LogP contribution in [-0.4, -0.2) is 11.1 Å². The summed E-state index contributed by atoms with van der Waals surface area (Å²) in [5.41, 5.74) is 2.00. The molecule has 3 rings (SSSR count). The number of aryl methyl sites for hydroxylation is 1. The van der Waals surface area contributed by atoms with E-state index < -0.39 is 6.09 Å². The van der Waals surface area contributed by atoms with E-state index in [-0.39, 0.29) is 0 Å². The lowest BCUT2D eigenvalue weighted by Gasteiger charge is -2.06. The van der Waals surface area contributed by atoms with Crippen LogP contribution in [0, 0.1) is 6.92 Å². The molecule has 2 aromatic carbocycles. The highest BCUT2D eigenvalue weighted by Gasteiger charge is 2.08. The number of oxazole rings is 1. The van der Waals surface area contributed by atoms with E-state index in [0.29, 0.717) is 28.4 Å². The second-order valence-electron chi connectivity index (χ2n) is 4.24. The predicted molar refractivity (Wildman–Crippen MR) is 74.8 cm³/mol. The Hall–Kier alpha value is -2.82. The fourth-order valence-corrected chi connectivity index (χ4v) is 1.86. The Labute approximate surface area is 115 Å². The molecule has 5 nitrogen and oxygen atoms in total. The van der Waals surface area contributed by atoms with Gasteiger partial charge in [0.05, 0.1) is 0 Å². The van der Waals surface area contributed by atoms with Crippen LogP contribution in [0.25, 0.3) is 11.1 Å². The Morgan fingerprint density at radius 1 is 1.20 bits per heavy atom. The molecule has 0 aliphatic carbocycles. The first kappa shape index (κ1) is 12.2. The van der Waals surface area contributed by atoms with Gasteiger partial charge in [-0.25, -0.2) is 9.78 Å². The minimum absolute atomic E-state index is 0.416. The molecule has 20 heavy (non-hydrogen) atoms. The fraction of sp³-hybridized carbons (Fsp3) is 0.0667. The third kappa shape index (κ3) is 2.61. The SMILES string of the molecule is Cc1nc2cc(OC(=O)Nc3ccccc3)ccc2o1. The molecule has 0 spiro atoms. The van der Waals surface area contributed by atoms with E-state index in [0.717, 1.165) is 0 Å². The maximum atomic E-state index is 11.7. The van der Waals surface area contributed by atoms with Crippen LogP contribution in [-0.2, 0) is 0 Å². The zero-order valence-electron chi connectivity index (χ0n) is 10.8. The molecule has 3 aromatic rings. The number of fused-ring (bicyclic) bond motifs is 1. The molecule has 0 atom stereocenters. The van der Waals surface area contributed by atoms with Crippen molar-refractivity contribution in [2.24, 2.45) is 0 Å². The van der Waals surface area contributed by atoms with E-state index >= 15 is 0 Å². The van der Waals surface area contributed by atoms with Crippen molar-refractivity contribution in [3.63, 3.8) is 0 Å². The number of rotatable bonds is 2. The molecule has 0 fully saturated rings. The van der Waals surface area contributed by atoms with Crippen molar-refractivity contribution < 1.29 is 13.9 Å². The number of nitrogens with zero attached hydrogens (tertiary/aromatic N) is 1. The molecule has 0 aliphatic heterocycles. The number of benzene rings is 2. The quantitative estimate of drug-likeness (QED) is 0.768. The monoisotopic (exact) mass is 268 g/mol. The van der Waals surface area contributed by atoms with Crippen molar-refractivity contribution in [3.05, 3.63) is 54.4 Å². The van der Waals surface area contributed by atoms with Crippen LogP contribution >= 0.6 is 0 Å². The molecule has 0 bridgehead atoms. The maximum Gasteiger partial charge on any atom is 0.417 e. The number of hydrogen-bond donors (Lipinski definition) is 1. The number of amides is 1. The van der Waals surface area contributed by atoms with E-state index in [1.165, 1.54) is 0 Å². The first-order chi connectivity index (χ1) is 9.70. The molecule has 1 amide bonds. The number of nitrogens with one attached hydrogen (secondary N) is 1. The molecule has 1 N–H and O–H groups in total. The van der Waals surface area contributed by atoms with Crippen LogP contribution in [0.3, 0.4) is 0 Å². The summed E-state index contributed by atoms with van der Waals surface area (Å²) >= 11 is 0. The molecule has 1 aromatic heterocycles. The summed E-state index contributed by atoms with van der Waals surface area (Å²) in [5, 5.41) is 2.64. The lowest BCUT2D eigenvalue weighted by Crippen LogP contribution is -2.16. The summed E-state index contributed by atoms with van der Waals surface area (Å²) in [6, 6.07) is 14.2. The Bertz CT molecular complexity index is 750. The summed E-state index contributed by atoms with van der Waals surface area (Å²) in [5.74, 6) is 0.991. The zero-order valence-corrected chi connectivity index (χ0v) is 10.8. The van der Waals surface area contributed by atoms with Crippen LogP contribution < -0.4 is 10.1 Å². The number of carbonyl (C=O) groups is 1. The smallest absolute Gasteiger partial charge is 0.417 e. The van der Waals surface area contributed by atoms with Gasteiger partial charge in [-0.05, 0) is 24.3 Å². The molecule has 0 unspecified atom stereocenters. The molecule has 0 saturated heterocycles. The maximum absolute atomic E-state index is 11.7. The summed E-state index contributed by atoms with van der Waals surface area (Å²) in [4.78, 5) is 15.9. The van der Waals surface area contributed by atoms with E-state index in [1.54, 1.807) is 37.3 Å². The van der Waals surface area contributed by atoms with Crippen LogP contribution in [0.2, 0.25) is 0 Å². The van der Waals surface area contributed by atoms with Crippen molar-refractivity contribution >= 4 is 22.9 Å². The van der Waals surface area contributed by atoms with Gasteiger partial charge in [0.2, 0.25) is 0 Å². The number of para-hydroxylation sites is 1. The van der Waals surface area contributed by atoms with Crippen LogP contribution in [0.15, 0.2) is 52.9 Å². The van der Waals surface area contributed by atoms with Crippen molar-refractivity contribution in [3.8, 4) is 5.75 Å². The highest BCUT2D eigenvalue weighted by Crippen LogP contribution is 2.21. The minimum Gasteiger partial charge on any atom is -0.441 e. The Kier molecular flexibility index (Phi) is 3.09. The number of anilines is 1. The van der Waals surface area contributed by atoms with Crippen molar-refractivity contribution in [1.82, 2.24) is 4.98 Å². The van der Waals surface area contributed by atoms with Crippen molar-refractivity contribution in [2.75, 3.05) is 5.32 Å². The van der Waals surface area contributed by atoms with E-state index in [1.807, 2.05) is 18.2 Å². The molecule has 0 saturated carbocycles. The lowest BCUT2D eigenvalue weighted by atomic mass is 10.3. The summed E-state index contributed by atoms with van der Waals surface area (Å²) in [6.07, 6.45) is -0.546. The van der Waals surface area contributed by atoms with Crippen LogP contribution in [0.5, 0.6) is 5.75 Å². The topological polar surface area (TPSA) is 64.4 Å². The fourth-order valence-electron chi connectivity index (χ4n) is 1.86. The minimum atomic E-state index is -0.546. The Morgan fingerprint density at radius 2 is 2.00 bits per heavy atom. The first-order valence-corrected chi connectivity index (χ1v) is 6.12. The molecule has 100 valence electrons. The van der Waals surface area contributed by atoms with Gasteiger partial charge in [-0.2, -0.15) is 0 Å². The summed E-state index contributed by atoms with van der Waals surface area (Å²) in [7, 11) is 0. The van der Waals surface area contributed by atoms with E-state index in [9.17, 15) is 4.79 Å². The Morgan fingerprint density at radius 3 is 2.80 bits per heavy atom. The third-order valence-corrected chi connectivity index (χ3v) is 2.70. The number of aromatic nitrogens is 1. The van der Waals surface area contributed by atoms with E-state index in [2.05, 4.69) is 10.3 Å². The van der Waals surface area contributed by atoms with Gasteiger partial charge < -0.3 is 9.15 Å².